The van der Waals surface area contributed by atoms with E-state index in [9.17, 15) is 0 Å². The SMILES string of the molecule is COc1ccc(CNCc2csc(-c3cnc4ccc(N(c5ccc6[nH]ncc6c5)C(C)C)nn34)n2)cc1. The average Bonchev–Trinajstić information content (AvgIpc) is 3.68. The highest BCUT2D eigenvalue weighted by Gasteiger charge is 2.18. The molecule has 0 saturated heterocycles. The maximum Gasteiger partial charge on any atom is 0.154 e. The van der Waals surface area contributed by atoms with Crippen molar-refractivity contribution >= 4 is 39.4 Å². The Morgan fingerprint density at radius 1 is 1.05 bits per heavy atom. The van der Waals surface area contributed by atoms with Crippen molar-refractivity contribution in [1.82, 2.24) is 35.1 Å². The molecule has 0 bridgehead atoms. The zero-order valence-electron chi connectivity index (χ0n) is 21.4. The third-order valence-corrected chi connectivity index (χ3v) is 7.29. The molecule has 0 aliphatic rings. The van der Waals surface area contributed by atoms with Gasteiger partial charge in [-0.2, -0.15) is 5.10 Å². The summed E-state index contributed by atoms with van der Waals surface area (Å²) >= 11 is 1.60. The predicted molar refractivity (Wildman–Crippen MR) is 151 cm³/mol. The van der Waals surface area contributed by atoms with E-state index in [4.69, 9.17) is 14.8 Å². The number of ether oxygens (including phenoxy) is 1. The summed E-state index contributed by atoms with van der Waals surface area (Å²) in [6.45, 7) is 5.75. The van der Waals surface area contributed by atoms with Crippen molar-refractivity contribution in [3.05, 3.63) is 83.6 Å². The number of methoxy groups -OCH3 is 1. The normalized spacial score (nSPS) is 11.6. The predicted octanol–water partition coefficient (Wildman–Crippen LogP) is 5.57. The number of anilines is 2. The van der Waals surface area contributed by atoms with E-state index in [2.05, 4.69) is 68.9 Å². The van der Waals surface area contributed by atoms with Gasteiger partial charge in [0.2, 0.25) is 0 Å². The number of nitrogens with zero attached hydrogens (tertiary/aromatic N) is 6. The number of hydrogen-bond acceptors (Lipinski definition) is 8. The largest absolute Gasteiger partial charge is 0.497 e. The number of H-pyrrole nitrogens is 1. The van der Waals surface area contributed by atoms with Gasteiger partial charge in [-0.15, -0.1) is 16.4 Å². The van der Waals surface area contributed by atoms with E-state index >= 15 is 0 Å². The van der Waals surface area contributed by atoms with Crippen LogP contribution in [0.25, 0.3) is 27.3 Å². The van der Waals surface area contributed by atoms with Gasteiger partial charge in [0, 0.05) is 35.6 Å². The first kappa shape index (κ1) is 24.1. The lowest BCUT2D eigenvalue weighted by atomic mass is 10.2. The molecule has 2 aromatic carbocycles. The zero-order valence-corrected chi connectivity index (χ0v) is 22.2. The van der Waals surface area contributed by atoms with Gasteiger partial charge in [0.1, 0.15) is 16.5 Å². The lowest BCUT2D eigenvalue weighted by Gasteiger charge is -2.28. The Morgan fingerprint density at radius 3 is 2.74 bits per heavy atom. The molecule has 0 radical (unpaired) electrons. The van der Waals surface area contributed by atoms with Crippen molar-refractivity contribution < 1.29 is 4.74 Å². The van der Waals surface area contributed by atoms with Gasteiger partial charge < -0.3 is 15.0 Å². The summed E-state index contributed by atoms with van der Waals surface area (Å²) in [7, 11) is 1.68. The Morgan fingerprint density at radius 2 is 1.92 bits per heavy atom. The van der Waals surface area contributed by atoms with E-state index in [1.54, 1.807) is 18.4 Å². The van der Waals surface area contributed by atoms with Crippen LogP contribution in [0.5, 0.6) is 5.75 Å². The standard InChI is InChI=1S/C28H28N8OS/c1-18(2)35(22-6-9-24-20(12-22)14-31-33-24)27-11-10-26-30-16-25(36(26)34-27)28-32-21(17-38-28)15-29-13-19-4-7-23(37-3)8-5-19/h4-12,14,16-18,29H,13,15H2,1-3H3,(H,31,33). The van der Waals surface area contributed by atoms with Crippen LogP contribution in [-0.2, 0) is 13.1 Å². The smallest absolute Gasteiger partial charge is 0.154 e. The molecule has 0 unspecified atom stereocenters. The maximum absolute atomic E-state index is 5.23. The van der Waals surface area contributed by atoms with Crippen molar-refractivity contribution in [3.63, 3.8) is 0 Å². The van der Waals surface area contributed by atoms with Crippen LogP contribution in [0.2, 0.25) is 0 Å². The lowest BCUT2D eigenvalue weighted by Crippen LogP contribution is -2.26. The molecule has 38 heavy (non-hydrogen) atoms. The highest BCUT2D eigenvalue weighted by atomic mass is 32.1. The van der Waals surface area contributed by atoms with Crippen molar-refractivity contribution in [1.29, 1.82) is 0 Å². The molecule has 0 amide bonds. The van der Waals surface area contributed by atoms with Crippen LogP contribution in [0.1, 0.15) is 25.1 Å². The van der Waals surface area contributed by atoms with Crippen LogP contribution in [0.15, 0.2) is 72.4 Å². The highest BCUT2D eigenvalue weighted by molar-refractivity contribution is 7.13. The van der Waals surface area contributed by atoms with E-state index in [1.165, 1.54) is 5.56 Å². The van der Waals surface area contributed by atoms with Crippen LogP contribution in [0.4, 0.5) is 11.5 Å². The molecule has 0 atom stereocenters. The van der Waals surface area contributed by atoms with Crippen LogP contribution in [-0.4, -0.2) is 42.9 Å². The maximum atomic E-state index is 5.23. The fourth-order valence-electron chi connectivity index (χ4n) is 4.50. The zero-order chi connectivity index (χ0) is 26.1. The van der Waals surface area contributed by atoms with E-state index in [0.29, 0.717) is 6.54 Å². The Kier molecular flexibility index (Phi) is 6.48. The van der Waals surface area contributed by atoms with Gasteiger partial charge >= 0.3 is 0 Å². The molecule has 192 valence electrons. The molecular formula is C28H28N8OS. The minimum absolute atomic E-state index is 0.194. The van der Waals surface area contributed by atoms with Crippen LogP contribution in [0, 0.1) is 0 Å². The van der Waals surface area contributed by atoms with Gasteiger partial charge in [0.25, 0.3) is 0 Å². The molecule has 0 aliphatic heterocycles. The van der Waals surface area contributed by atoms with Crippen LogP contribution < -0.4 is 15.0 Å². The summed E-state index contributed by atoms with van der Waals surface area (Å²) in [5.41, 5.74) is 5.91. The van der Waals surface area contributed by atoms with Crippen molar-refractivity contribution in [2.24, 2.45) is 0 Å². The summed E-state index contributed by atoms with van der Waals surface area (Å²) < 4.78 is 7.11. The molecular weight excluding hydrogens is 496 g/mol. The third kappa shape index (κ3) is 4.71. The highest BCUT2D eigenvalue weighted by Crippen LogP contribution is 2.30. The third-order valence-electron chi connectivity index (χ3n) is 6.38. The molecule has 0 saturated carbocycles. The van der Waals surface area contributed by atoms with Gasteiger partial charge in [-0.25, -0.2) is 14.5 Å². The van der Waals surface area contributed by atoms with Gasteiger partial charge in [-0.1, -0.05) is 12.1 Å². The Hall–Kier alpha value is -4.28. The molecule has 6 aromatic rings. The average molecular weight is 525 g/mol. The topological polar surface area (TPSA) is 96.3 Å². The molecule has 0 aliphatic carbocycles. The first-order valence-corrected chi connectivity index (χ1v) is 13.3. The summed E-state index contributed by atoms with van der Waals surface area (Å²) in [4.78, 5) is 11.7. The summed E-state index contributed by atoms with van der Waals surface area (Å²) in [6, 6.07) is 18.6. The van der Waals surface area contributed by atoms with E-state index in [0.717, 1.165) is 56.7 Å². The van der Waals surface area contributed by atoms with Gasteiger partial charge in [0.05, 0.1) is 30.7 Å². The molecule has 0 fully saturated rings. The molecule has 2 N–H and O–H groups in total. The van der Waals surface area contributed by atoms with Gasteiger partial charge in [-0.3, -0.25) is 5.10 Å². The number of imidazole rings is 1. The van der Waals surface area contributed by atoms with E-state index < -0.39 is 0 Å². The number of benzene rings is 2. The van der Waals surface area contributed by atoms with Crippen LogP contribution in [0.3, 0.4) is 0 Å². The minimum atomic E-state index is 0.194. The Labute approximate surface area is 224 Å². The van der Waals surface area contributed by atoms with E-state index in [1.807, 2.05) is 47.2 Å². The number of rotatable bonds is 9. The monoisotopic (exact) mass is 524 g/mol. The first-order chi connectivity index (χ1) is 18.6. The lowest BCUT2D eigenvalue weighted by molar-refractivity contribution is 0.414. The quantitative estimate of drug-likeness (QED) is 0.255. The summed E-state index contributed by atoms with van der Waals surface area (Å²) in [6.07, 6.45) is 3.69. The number of aromatic nitrogens is 6. The summed E-state index contributed by atoms with van der Waals surface area (Å²) in [5, 5.41) is 19.7. The minimum Gasteiger partial charge on any atom is -0.497 e. The first-order valence-electron chi connectivity index (χ1n) is 12.4. The number of thiazole rings is 1. The van der Waals surface area contributed by atoms with Gasteiger partial charge in [0.15, 0.2) is 11.5 Å². The van der Waals surface area contributed by atoms with Crippen molar-refractivity contribution in [2.45, 2.75) is 33.0 Å². The Balaban J connectivity index is 1.23. The second-order valence-electron chi connectivity index (χ2n) is 9.31. The number of fused-ring (bicyclic) bond motifs is 2. The second kappa shape index (κ2) is 10.2. The Bertz CT molecular complexity index is 1680. The number of aromatic amines is 1. The molecule has 4 aromatic heterocycles. The van der Waals surface area contributed by atoms with Crippen molar-refractivity contribution in [3.8, 4) is 16.5 Å². The molecule has 10 heteroatoms. The van der Waals surface area contributed by atoms with Gasteiger partial charge in [-0.05, 0) is 61.9 Å². The van der Waals surface area contributed by atoms with Crippen molar-refractivity contribution in [2.75, 3.05) is 12.0 Å². The second-order valence-corrected chi connectivity index (χ2v) is 10.2. The fraction of sp³-hybridized carbons (Fsp3) is 0.214. The number of nitrogens with one attached hydrogen (secondary N) is 2. The molecule has 6 rings (SSSR count). The molecule has 0 spiro atoms. The summed E-state index contributed by atoms with van der Waals surface area (Å²) in [5.74, 6) is 1.70. The molecule has 9 nitrogen and oxygen atoms in total. The van der Waals surface area contributed by atoms with Crippen LogP contribution >= 0.6 is 11.3 Å². The van der Waals surface area contributed by atoms with E-state index in [-0.39, 0.29) is 6.04 Å². The fourth-order valence-corrected chi connectivity index (χ4v) is 5.31. The molecule has 4 heterocycles. The number of hydrogen-bond donors (Lipinski definition) is 2.